The van der Waals surface area contributed by atoms with Crippen LogP contribution in [0.5, 0.6) is 0 Å². The third-order valence-corrected chi connectivity index (χ3v) is 2.94. The summed E-state index contributed by atoms with van der Waals surface area (Å²) in [5.74, 6) is -0.160. The lowest BCUT2D eigenvalue weighted by Crippen LogP contribution is -2.49. The molecule has 1 N–H and O–H groups in total. The molecular formula is C12H17FN2. The molecule has 1 fully saturated rings. The fourth-order valence-electron chi connectivity index (χ4n) is 1.94. The van der Waals surface area contributed by atoms with Crippen molar-refractivity contribution in [2.75, 3.05) is 19.6 Å². The van der Waals surface area contributed by atoms with Crippen molar-refractivity contribution in [2.45, 2.75) is 19.5 Å². The van der Waals surface area contributed by atoms with Crippen LogP contribution in [-0.4, -0.2) is 30.6 Å². The summed E-state index contributed by atoms with van der Waals surface area (Å²) in [7, 11) is 0. The normalized spacial score (nSPS) is 22.9. The number of hydrogen-bond donors (Lipinski definition) is 1. The van der Waals surface area contributed by atoms with Crippen LogP contribution in [0.25, 0.3) is 0 Å². The van der Waals surface area contributed by atoms with E-state index >= 15 is 0 Å². The molecule has 2 rings (SSSR count). The van der Waals surface area contributed by atoms with Crippen molar-refractivity contribution >= 4 is 0 Å². The number of hydrogen-bond acceptors (Lipinski definition) is 2. The Bertz CT molecular complexity index is 310. The summed E-state index contributed by atoms with van der Waals surface area (Å²) in [5.41, 5.74) is 1.19. The second-order valence-corrected chi connectivity index (χ2v) is 4.15. The van der Waals surface area contributed by atoms with E-state index in [1.807, 2.05) is 12.1 Å². The van der Waals surface area contributed by atoms with Crippen LogP contribution in [0.2, 0.25) is 0 Å². The van der Waals surface area contributed by atoms with E-state index in [0.717, 1.165) is 26.2 Å². The van der Waals surface area contributed by atoms with E-state index in [9.17, 15) is 4.39 Å². The molecular weight excluding hydrogens is 191 g/mol. The molecule has 0 bridgehead atoms. The van der Waals surface area contributed by atoms with Crippen LogP contribution >= 0.6 is 0 Å². The second kappa shape index (κ2) is 4.73. The van der Waals surface area contributed by atoms with Gasteiger partial charge in [-0.15, -0.1) is 0 Å². The van der Waals surface area contributed by atoms with Gasteiger partial charge in [0, 0.05) is 32.2 Å². The fraction of sp³-hybridized carbons (Fsp3) is 0.500. The average molecular weight is 208 g/mol. The zero-order valence-corrected chi connectivity index (χ0v) is 9.04. The Morgan fingerprint density at radius 3 is 2.80 bits per heavy atom. The molecule has 15 heavy (non-hydrogen) atoms. The quantitative estimate of drug-likeness (QED) is 0.794. The zero-order valence-electron chi connectivity index (χ0n) is 9.04. The predicted octanol–water partition coefficient (Wildman–Crippen LogP) is 1.62. The minimum atomic E-state index is -0.160. The van der Waals surface area contributed by atoms with Crippen molar-refractivity contribution in [2.24, 2.45) is 0 Å². The van der Waals surface area contributed by atoms with Crippen molar-refractivity contribution in [3.05, 3.63) is 35.6 Å². The summed E-state index contributed by atoms with van der Waals surface area (Å²) in [4.78, 5) is 2.42. The van der Waals surface area contributed by atoms with Gasteiger partial charge in [0.2, 0.25) is 0 Å². The first-order chi connectivity index (χ1) is 7.25. The zero-order chi connectivity index (χ0) is 10.7. The number of nitrogens with one attached hydrogen (secondary N) is 1. The smallest absolute Gasteiger partial charge is 0.123 e. The van der Waals surface area contributed by atoms with E-state index in [2.05, 4.69) is 17.1 Å². The Labute approximate surface area is 90.1 Å². The second-order valence-electron chi connectivity index (χ2n) is 4.15. The van der Waals surface area contributed by atoms with E-state index in [4.69, 9.17) is 0 Å². The van der Waals surface area contributed by atoms with Gasteiger partial charge in [-0.3, -0.25) is 4.90 Å². The lowest BCUT2D eigenvalue weighted by atomic mass is 10.1. The Morgan fingerprint density at radius 2 is 2.13 bits per heavy atom. The highest BCUT2D eigenvalue weighted by molar-refractivity contribution is 5.16. The molecule has 0 aliphatic carbocycles. The minimum absolute atomic E-state index is 0.160. The molecule has 1 unspecified atom stereocenters. The van der Waals surface area contributed by atoms with Crippen LogP contribution in [0.15, 0.2) is 24.3 Å². The van der Waals surface area contributed by atoms with Crippen molar-refractivity contribution in [1.29, 1.82) is 0 Å². The molecule has 0 saturated carbocycles. The van der Waals surface area contributed by atoms with Gasteiger partial charge >= 0.3 is 0 Å². The number of benzene rings is 1. The molecule has 1 heterocycles. The lowest BCUT2D eigenvalue weighted by molar-refractivity contribution is 0.165. The third kappa shape index (κ3) is 2.76. The van der Waals surface area contributed by atoms with Gasteiger partial charge in [0.05, 0.1) is 0 Å². The molecule has 0 aromatic heterocycles. The van der Waals surface area contributed by atoms with Gasteiger partial charge in [-0.1, -0.05) is 12.1 Å². The molecule has 1 aromatic rings. The van der Waals surface area contributed by atoms with Crippen molar-refractivity contribution in [1.82, 2.24) is 10.2 Å². The first-order valence-electron chi connectivity index (χ1n) is 5.45. The summed E-state index contributed by atoms with van der Waals surface area (Å²) in [5, 5.41) is 3.36. The van der Waals surface area contributed by atoms with E-state index in [-0.39, 0.29) is 5.82 Å². The molecule has 0 amide bonds. The largest absolute Gasteiger partial charge is 0.314 e. The standard InChI is InChI=1S/C12H17FN2/c1-10-8-14-6-7-15(10)9-11-2-4-12(13)5-3-11/h2-5,10,14H,6-9H2,1H3. The molecule has 3 heteroatoms. The number of rotatable bonds is 2. The molecule has 2 nitrogen and oxygen atoms in total. The van der Waals surface area contributed by atoms with Gasteiger partial charge < -0.3 is 5.32 Å². The highest BCUT2D eigenvalue weighted by Crippen LogP contribution is 2.10. The maximum atomic E-state index is 12.7. The van der Waals surface area contributed by atoms with E-state index in [1.54, 1.807) is 0 Å². The molecule has 0 spiro atoms. The van der Waals surface area contributed by atoms with Crippen LogP contribution < -0.4 is 5.32 Å². The van der Waals surface area contributed by atoms with Gasteiger partial charge in [0.25, 0.3) is 0 Å². The van der Waals surface area contributed by atoms with Crippen molar-refractivity contribution in [3.63, 3.8) is 0 Å². The summed E-state index contributed by atoms with van der Waals surface area (Å²) < 4.78 is 12.7. The van der Waals surface area contributed by atoms with Gasteiger partial charge in [0.15, 0.2) is 0 Å². The maximum Gasteiger partial charge on any atom is 0.123 e. The average Bonchev–Trinajstić information content (AvgIpc) is 2.25. The van der Waals surface area contributed by atoms with Crippen molar-refractivity contribution in [3.8, 4) is 0 Å². The van der Waals surface area contributed by atoms with Crippen LogP contribution in [-0.2, 0) is 6.54 Å². The summed E-state index contributed by atoms with van der Waals surface area (Å²) in [6, 6.07) is 7.35. The van der Waals surface area contributed by atoms with Crippen LogP contribution in [0.3, 0.4) is 0 Å². The number of piperazine rings is 1. The highest BCUT2D eigenvalue weighted by atomic mass is 19.1. The van der Waals surface area contributed by atoms with Crippen LogP contribution in [0.4, 0.5) is 4.39 Å². The highest BCUT2D eigenvalue weighted by Gasteiger charge is 2.17. The van der Waals surface area contributed by atoms with Gasteiger partial charge in [-0.05, 0) is 24.6 Å². The van der Waals surface area contributed by atoms with E-state index in [1.165, 1.54) is 17.7 Å². The Hall–Kier alpha value is -0.930. The van der Waals surface area contributed by atoms with E-state index in [0.29, 0.717) is 6.04 Å². The Balaban J connectivity index is 1.98. The third-order valence-electron chi connectivity index (χ3n) is 2.94. The van der Waals surface area contributed by atoms with Crippen LogP contribution in [0, 0.1) is 5.82 Å². The first kappa shape index (κ1) is 10.6. The Morgan fingerprint density at radius 1 is 1.40 bits per heavy atom. The molecule has 1 atom stereocenters. The molecule has 1 aliphatic rings. The number of nitrogens with zero attached hydrogens (tertiary/aromatic N) is 1. The summed E-state index contributed by atoms with van der Waals surface area (Å²) in [6.45, 7) is 6.30. The topological polar surface area (TPSA) is 15.3 Å². The molecule has 1 aromatic carbocycles. The minimum Gasteiger partial charge on any atom is -0.314 e. The predicted molar refractivity (Wildman–Crippen MR) is 59.1 cm³/mol. The summed E-state index contributed by atoms with van der Waals surface area (Å²) in [6.07, 6.45) is 0. The Kier molecular flexibility index (Phi) is 3.34. The maximum absolute atomic E-state index is 12.7. The van der Waals surface area contributed by atoms with Crippen LogP contribution in [0.1, 0.15) is 12.5 Å². The van der Waals surface area contributed by atoms with E-state index < -0.39 is 0 Å². The van der Waals surface area contributed by atoms with Crippen molar-refractivity contribution < 1.29 is 4.39 Å². The SMILES string of the molecule is CC1CNCCN1Cc1ccc(F)cc1. The molecule has 82 valence electrons. The summed E-state index contributed by atoms with van der Waals surface area (Å²) >= 11 is 0. The fourth-order valence-corrected chi connectivity index (χ4v) is 1.94. The first-order valence-corrected chi connectivity index (χ1v) is 5.45. The lowest BCUT2D eigenvalue weighted by Gasteiger charge is -2.33. The monoisotopic (exact) mass is 208 g/mol. The van der Waals surface area contributed by atoms with Gasteiger partial charge in [0.1, 0.15) is 5.82 Å². The van der Waals surface area contributed by atoms with Gasteiger partial charge in [-0.2, -0.15) is 0 Å². The molecule has 1 saturated heterocycles. The molecule has 1 aliphatic heterocycles. The molecule has 0 radical (unpaired) electrons. The van der Waals surface area contributed by atoms with Gasteiger partial charge in [-0.25, -0.2) is 4.39 Å². The number of halogens is 1.